The normalized spacial score (nSPS) is 17.4. The fourth-order valence-electron chi connectivity index (χ4n) is 1.80. The molecule has 0 aliphatic carbocycles. The average molecular weight is 297 g/mol. The van der Waals surface area contributed by atoms with Crippen molar-refractivity contribution in [2.75, 3.05) is 0 Å². The molecule has 1 aromatic carbocycles. The number of hydrogen-bond donors (Lipinski definition) is 1. The minimum Gasteiger partial charge on any atom is -0.511 e. The van der Waals surface area contributed by atoms with Gasteiger partial charge in [0.2, 0.25) is 0 Å². The molecule has 0 radical (unpaired) electrons. The lowest BCUT2D eigenvalue weighted by atomic mass is 10.1. The molecule has 0 bridgehead atoms. The molecule has 1 fully saturated rings. The van der Waals surface area contributed by atoms with Crippen molar-refractivity contribution in [2.45, 2.75) is 26.1 Å². The molecule has 1 aliphatic heterocycles. The van der Waals surface area contributed by atoms with E-state index >= 15 is 0 Å². The summed E-state index contributed by atoms with van der Waals surface area (Å²) >= 11 is 5.96. The van der Waals surface area contributed by atoms with Crippen molar-refractivity contribution in [1.29, 1.82) is 0 Å². The van der Waals surface area contributed by atoms with Gasteiger partial charge in [0.15, 0.2) is 5.57 Å². The van der Waals surface area contributed by atoms with Gasteiger partial charge in [0.1, 0.15) is 5.76 Å². The number of cyclic esters (lactones) is 2. The molecule has 1 aliphatic rings. The maximum atomic E-state index is 11.8. The number of halogens is 1. The second-order valence-corrected chi connectivity index (χ2v) is 5.18. The van der Waals surface area contributed by atoms with E-state index in [0.717, 1.165) is 0 Å². The van der Waals surface area contributed by atoms with Crippen LogP contribution in [0.1, 0.15) is 19.4 Å². The molecule has 2 rings (SSSR count). The molecule has 1 saturated heterocycles. The molecule has 0 atom stereocenters. The number of esters is 2. The highest BCUT2D eigenvalue weighted by atomic mass is 35.5. The monoisotopic (exact) mass is 296 g/mol. The Labute approximate surface area is 120 Å². The number of ether oxygens (including phenoxy) is 2. The number of benzene rings is 1. The molecular formula is C14H13ClO5. The summed E-state index contributed by atoms with van der Waals surface area (Å²) in [6.45, 7) is 2.87. The summed E-state index contributed by atoms with van der Waals surface area (Å²) in [5.74, 6) is -3.57. The molecule has 0 aromatic heterocycles. The first-order chi connectivity index (χ1) is 9.30. The van der Waals surface area contributed by atoms with Crippen LogP contribution in [0.25, 0.3) is 0 Å². The largest absolute Gasteiger partial charge is 0.511 e. The molecule has 5 nitrogen and oxygen atoms in total. The van der Waals surface area contributed by atoms with Gasteiger partial charge in [-0.15, -0.1) is 0 Å². The second kappa shape index (κ2) is 5.17. The van der Waals surface area contributed by atoms with E-state index in [2.05, 4.69) is 0 Å². The molecule has 1 aromatic rings. The van der Waals surface area contributed by atoms with Crippen LogP contribution in [0, 0.1) is 0 Å². The van der Waals surface area contributed by atoms with Crippen LogP contribution in [-0.2, 0) is 25.5 Å². The quantitative estimate of drug-likeness (QED) is 0.393. The van der Waals surface area contributed by atoms with Crippen molar-refractivity contribution in [2.24, 2.45) is 0 Å². The van der Waals surface area contributed by atoms with E-state index < -0.39 is 29.1 Å². The number of carbonyl (C=O) groups excluding carboxylic acids is 2. The van der Waals surface area contributed by atoms with E-state index in [0.29, 0.717) is 10.6 Å². The van der Waals surface area contributed by atoms with E-state index in [-0.39, 0.29) is 6.42 Å². The van der Waals surface area contributed by atoms with Gasteiger partial charge in [0, 0.05) is 25.3 Å². The summed E-state index contributed by atoms with van der Waals surface area (Å²) in [5.41, 5.74) is 0.0915. The summed E-state index contributed by atoms with van der Waals surface area (Å²) < 4.78 is 9.83. The maximum Gasteiger partial charge on any atom is 0.352 e. The standard InChI is InChI=1S/C14H13ClO5/c1-14(2)19-12(17)11(13(18)20-14)10(16)7-8-5-3-4-6-9(8)15/h3-6,16H,7H2,1-2H3. The number of rotatable bonds is 2. The van der Waals surface area contributed by atoms with Gasteiger partial charge in [0.25, 0.3) is 5.79 Å². The Morgan fingerprint density at radius 1 is 1.20 bits per heavy atom. The van der Waals surface area contributed by atoms with Gasteiger partial charge < -0.3 is 14.6 Å². The summed E-state index contributed by atoms with van der Waals surface area (Å²) in [4.78, 5) is 23.5. The molecule has 0 saturated carbocycles. The topological polar surface area (TPSA) is 72.8 Å². The summed E-state index contributed by atoms with van der Waals surface area (Å²) in [6, 6.07) is 6.81. The zero-order chi connectivity index (χ0) is 14.9. The second-order valence-electron chi connectivity index (χ2n) is 4.77. The highest BCUT2D eigenvalue weighted by molar-refractivity contribution is 6.31. The van der Waals surface area contributed by atoms with Gasteiger partial charge in [-0.3, -0.25) is 0 Å². The van der Waals surface area contributed by atoms with Gasteiger partial charge in [-0.05, 0) is 11.6 Å². The van der Waals surface area contributed by atoms with Crippen molar-refractivity contribution < 1.29 is 24.2 Å². The van der Waals surface area contributed by atoms with Crippen molar-refractivity contribution >= 4 is 23.5 Å². The zero-order valence-electron chi connectivity index (χ0n) is 11.0. The minimum atomic E-state index is -1.33. The Morgan fingerprint density at radius 3 is 2.30 bits per heavy atom. The van der Waals surface area contributed by atoms with Crippen molar-refractivity contribution in [3.63, 3.8) is 0 Å². The molecule has 6 heteroatoms. The lowest BCUT2D eigenvalue weighted by Crippen LogP contribution is -2.42. The third-order valence-corrected chi connectivity index (χ3v) is 3.06. The molecule has 106 valence electrons. The number of carbonyl (C=O) groups is 2. The Morgan fingerprint density at radius 2 is 1.75 bits per heavy atom. The molecule has 0 spiro atoms. The van der Waals surface area contributed by atoms with Crippen LogP contribution >= 0.6 is 11.6 Å². The third kappa shape index (κ3) is 2.93. The first-order valence-electron chi connectivity index (χ1n) is 5.92. The van der Waals surface area contributed by atoms with Gasteiger partial charge >= 0.3 is 11.9 Å². The fourth-order valence-corrected chi connectivity index (χ4v) is 2.00. The first kappa shape index (κ1) is 14.4. The van der Waals surface area contributed by atoms with E-state index in [4.69, 9.17) is 21.1 Å². The maximum absolute atomic E-state index is 11.8. The van der Waals surface area contributed by atoms with Crippen LogP contribution in [0.15, 0.2) is 35.6 Å². The van der Waals surface area contributed by atoms with Gasteiger partial charge in [-0.1, -0.05) is 29.8 Å². The first-order valence-corrected chi connectivity index (χ1v) is 6.30. The molecule has 1 N–H and O–H groups in total. The van der Waals surface area contributed by atoms with Crippen LogP contribution in [0.3, 0.4) is 0 Å². The molecule has 1 heterocycles. The van der Waals surface area contributed by atoms with E-state index in [1.54, 1.807) is 24.3 Å². The highest BCUT2D eigenvalue weighted by Crippen LogP contribution is 2.26. The molecule has 20 heavy (non-hydrogen) atoms. The lowest BCUT2D eigenvalue weighted by Gasteiger charge is -2.30. The highest BCUT2D eigenvalue weighted by Gasteiger charge is 2.41. The van der Waals surface area contributed by atoms with Crippen molar-refractivity contribution in [1.82, 2.24) is 0 Å². The number of hydrogen-bond acceptors (Lipinski definition) is 5. The van der Waals surface area contributed by atoms with Crippen LogP contribution in [0.2, 0.25) is 5.02 Å². The minimum absolute atomic E-state index is 0.0559. The van der Waals surface area contributed by atoms with E-state index in [1.165, 1.54) is 13.8 Å². The Kier molecular flexibility index (Phi) is 3.72. The Bertz CT molecular complexity index is 581. The van der Waals surface area contributed by atoms with E-state index in [1.807, 2.05) is 0 Å². The van der Waals surface area contributed by atoms with Crippen molar-refractivity contribution in [3.8, 4) is 0 Å². The SMILES string of the molecule is CC1(C)OC(=O)C(=C(O)Cc2ccccc2Cl)C(=O)O1. The fraction of sp³-hybridized carbons (Fsp3) is 0.286. The summed E-state index contributed by atoms with van der Waals surface area (Å²) in [7, 11) is 0. The zero-order valence-corrected chi connectivity index (χ0v) is 11.7. The average Bonchev–Trinajstić information content (AvgIpc) is 2.29. The van der Waals surface area contributed by atoms with Crippen LogP contribution in [0.4, 0.5) is 0 Å². The predicted octanol–water partition coefficient (Wildman–Crippen LogP) is 2.53. The molecule has 0 amide bonds. The molecular weight excluding hydrogens is 284 g/mol. The van der Waals surface area contributed by atoms with Gasteiger partial charge in [-0.25, -0.2) is 9.59 Å². The number of aliphatic hydroxyl groups excluding tert-OH is 1. The van der Waals surface area contributed by atoms with Crippen molar-refractivity contribution in [3.05, 3.63) is 46.2 Å². The Hall–Kier alpha value is -2.01. The lowest BCUT2D eigenvalue weighted by molar-refractivity contribution is -0.222. The van der Waals surface area contributed by atoms with E-state index in [9.17, 15) is 14.7 Å². The summed E-state index contributed by atoms with van der Waals surface area (Å²) in [6.07, 6.45) is -0.0559. The third-order valence-electron chi connectivity index (χ3n) is 2.69. The van der Waals surface area contributed by atoms with Gasteiger partial charge in [-0.2, -0.15) is 0 Å². The van der Waals surface area contributed by atoms with Crippen LogP contribution in [0.5, 0.6) is 0 Å². The van der Waals surface area contributed by atoms with Crippen LogP contribution in [-0.4, -0.2) is 22.8 Å². The Balaban J connectivity index is 2.31. The smallest absolute Gasteiger partial charge is 0.352 e. The number of allylic oxidation sites excluding steroid dienone is 1. The molecule has 0 unspecified atom stereocenters. The van der Waals surface area contributed by atoms with Gasteiger partial charge in [0.05, 0.1) is 0 Å². The van der Waals surface area contributed by atoms with Crippen LogP contribution < -0.4 is 0 Å². The summed E-state index contributed by atoms with van der Waals surface area (Å²) in [5, 5.41) is 10.4. The predicted molar refractivity (Wildman–Crippen MR) is 71.1 cm³/mol. The number of aliphatic hydroxyl groups is 1.